The van der Waals surface area contributed by atoms with E-state index in [1.165, 1.54) is 0 Å². The van der Waals surface area contributed by atoms with Crippen LogP contribution in [0.4, 0.5) is 5.82 Å². The lowest BCUT2D eigenvalue weighted by Crippen LogP contribution is -2.50. The van der Waals surface area contributed by atoms with E-state index in [1.807, 2.05) is 19.9 Å². The van der Waals surface area contributed by atoms with Crippen LogP contribution in [0.2, 0.25) is 0 Å². The monoisotopic (exact) mass is 396 g/mol. The minimum absolute atomic E-state index is 0.00205. The maximum Gasteiger partial charge on any atom is 0.239 e. The first kappa shape index (κ1) is 18.9. The van der Waals surface area contributed by atoms with Crippen LogP contribution >= 0.6 is 15.9 Å². The summed E-state index contributed by atoms with van der Waals surface area (Å²) in [6, 6.07) is 3.14. The molecule has 0 spiro atoms. The van der Waals surface area contributed by atoms with Crippen molar-refractivity contribution in [3.63, 3.8) is 0 Å². The predicted octanol–water partition coefficient (Wildman–Crippen LogP) is 2.39. The number of hydrogen-bond acceptors (Lipinski definition) is 4. The van der Waals surface area contributed by atoms with Crippen LogP contribution in [0, 0.1) is 11.8 Å². The molecule has 2 amide bonds. The van der Waals surface area contributed by atoms with Crippen LogP contribution in [0.1, 0.15) is 33.1 Å². The molecular weight excluding hydrogens is 372 g/mol. The van der Waals surface area contributed by atoms with E-state index in [0.717, 1.165) is 10.9 Å². The molecule has 0 radical (unpaired) electrons. The van der Waals surface area contributed by atoms with Crippen molar-refractivity contribution in [2.24, 2.45) is 17.6 Å². The first-order valence-corrected chi connectivity index (χ1v) is 9.18. The molecule has 0 saturated carbocycles. The molecule has 2 heterocycles. The third-order valence-electron chi connectivity index (χ3n) is 4.70. The Morgan fingerprint density at radius 3 is 2.62 bits per heavy atom. The van der Waals surface area contributed by atoms with E-state index in [0.29, 0.717) is 31.7 Å². The van der Waals surface area contributed by atoms with Gasteiger partial charge in [0.25, 0.3) is 0 Å². The summed E-state index contributed by atoms with van der Waals surface area (Å²) in [6.45, 7) is 5.18. The van der Waals surface area contributed by atoms with Gasteiger partial charge in [-0.1, -0.05) is 20.3 Å². The zero-order valence-corrected chi connectivity index (χ0v) is 15.8. The number of anilines is 1. The molecule has 0 aliphatic carbocycles. The molecule has 24 heavy (non-hydrogen) atoms. The predicted molar refractivity (Wildman–Crippen MR) is 97.3 cm³/mol. The zero-order chi connectivity index (χ0) is 17.7. The molecule has 3 N–H and O–H groups in total. The van der Waals surface area contributed by atoms with Crippen molar-refractivity contribution in [1.29, 1.82) is 0 Å². The smallest absolute Gasteiger partial charge is 0.239 e. The largest absolute Gasteiger partial charge is 0.341 e. The highest BCUT2D eigenvalue weighted by atomic mass is 79.9. The lowest BCUT2D eigenvalue weighted by Gasteiger charge is -2.34. The third-order valence-corrected chi connectivity index (χ3v) is 5.17. The number of nitrogens with two attached hydrogens (primary N) is 1. The second-order valence-electron chi connectivity index (χ2n) is 6.36. The number of aromatic nitrogens is 1. The van der Waals surface area contributed by atoms with Gasteiger partial charge in [-0.05, 0) is 46.8 Å². The van der Waals surface area contributed by atoms with Gasteiger partial charge in [-0.3, -0.25) is 9.59 Å². The summed E-state index contributed by atoms with van der Waals surface area (Å²) >= 11 is 3.31. The Hall–Kier alpha value is -1.47. The summed E-state index contributed by atoms with van der Waals surface area (Å²) in [5, 5.41) is 2.83. The van der Waals surface area contributed by atoms with Gasteiger partial charge in [-0.15, -0.1) is 0 Å². The lowest BCUT2D eigenvalue weighted by molar-refractivity contribution is -0.136. The normalized spacial score (nSPS) is 18.1. The van der Waals surface area contributed by atoms with Crippen molar-refractivity contribution in [2.45, 2.75) is 39.2 Å². The SMILES string of the molecule is CCC(C)C(N)C(=O)N1CCC(C(=O)Nc2ccc(Br)cn2)CC1. The van der Waals surface area contributed by atoms with Crippen molar-refractivity contribution in [3.05, 3.63) is 22.8 Å². The van der Waals surface area contributed by atoms with Crippen LogP contribution in [0.5, 0.6) is 0 Å². The number of pyridine rings is 1. The van der Waals surface area contributed by atoms with Crippen molar-refractivity contribution >= 4 is 33.6 Å². The lowest BCUT2D eigenvalue weighted by atomic mass is 9.93. The van der Waals surface area contributed by atoms with Gasteiger partial charge in [0.1, 0.15) is 5.82 Å². The fourth-order valence-corrected chi connectivity index (χ4v) is 2.98. The molecule has 1 fully saturated rings. The Labute approximate surface area is 151 Å². The first-order chi connectivity index (χ1) is 11.4. The third kappa shape index (κ3) is 4.77. The molecule has 2 atom stereocenters. The average Bonchev–Trinajstić information content (AvgIpc) is 2.61. The Morgan fingerprint density at radius 1 is 1.42 bits per heavy atom. The van der Waals surface area contributed by atoms with Gasteiger partial charge in [0.2, 0.25) is 11.8 Å². The fraction of sp³-hybridized carbons (Fsp3) is 0.588. The quantitative estimate of drug-likeness (QED) is 0.799. The Balaban J connectivity index is 1.84. The van der Waals surface area contributed by atoms with Gasteiger partial charge in [0.05, 0.1) is 6.04 Å². The van der Waals surface area contributed by atoms with Gasteiger partial charge in [0.15, 0.2) is 0 Å². The van der Waals surface area contributed by atoms with E-state index in [-0.39, 0.29) is 23.7 Å². The molecule has 1 aromatic rings. The van der Waals surface area contributed by atoms with Crippen LogP contribution in [0.25, 0.3) is 0 Å². The minimum atomic E-state index is -0.452. The number of likely N-dealkylation sites (tertiary alicyclic amines) is 1. The second kappa shape index (κ2) is 8.58. The topological polar surface area (TPSA) is 88.3 Å². The number of rotatable bonds is 5. The highest BCUT2D eigenvalue weighted by Crippen LogP contribution is 2.21. The van der Waals surface area contributed by atoms with Gasteiger partial charge >= 0.3 is 0 Å². The van der Waals surface area contributed by atoms with Crippen molar-refractivity contribution in [3.8, 4) is 0 Å². The van der Waals surface area contributed by atoms with Crippen LogP contribution < -0.4 is 11.1 Å². The van der Waals surface area contributed by atoms with Crippen molar-refractivity contribution in [2.75, 3.05) is 18.4 Å². The summed E-state index contributed by atoms with van der Waals surface area (Å²) in [6.07, 6.45) is 3.84. The zero-order valence-electron chi connectivity index (χ0n) is 14.2. The number of nitrogens with one attached hydrogen (secondary N) is 1. The van der Waals surface area contributed by atoms with E-state index in [9.17, 15) is 9.59 Å². The number of carbonyl (C=O) groups is 2. The maximum atomic E-state index is 12.4. The maximum absolute atomic E-state index is 12.4. The van der Waals surface area contributed by atoms with E-state index in [4.69, 9.17) is 5.73 Å². The molecule has 7 heteroatoms. The first-order valence-electron chi connectivity index (χ1n) is 8.39. The van der Waals surface area contributed by atoms with E-state index in [2.05, 4.69) is 26.2 Å². The summed E-state index contributed by atoms with van der Waals surface area (Å²) in [5.74, 6) is 0.572. The number of hydrogen-bond donors (Lipinski definition) is 2. The summed E-state index contributed by atoms with van der Waals surface area (Å²) < 4.78 is 0.866. The second-order valence-corrected chi connectivity index (χ2v) is 7.28. The molecule has 2 rings (SSSR count). The summed E-state index contributed by atoms with van der Waals surface area (Å²) in [7, 11) is 0. The molecule has 1 saturated heterocycles. The minimum Gasteiger partial charge on any atom is -0.341 e. The number of nitrogens with zero attached hydrogens (tertiary/aromatic N) is 2. The van der Waals surface area contributed by atoms with Crippen LogP contribution in [0.15, 0.2) is 22.8 Å². The number of amides is 2. The Bertz CT molecular complexity index is 570. The molecule has 0 aromatic carbocycles. The van der Waals surface area contributed by atoms with Gasteiger partial charge in [-0.2, -0.15) is 0 Å². The fourth-order valence-electron chi connectivity index (χ4n) is 2.75. The average molecular weight is 397 g/mol. The molecule has 6 nitrogen and oxygen atoms in total. The standard InChI is InChI=1S/C17H25BrN4O2/c1-3-11(2)15(19)17(24)22-8-6-12(7-9-22)16(23)21-14-5-4-13(18)10-20-14/h4-5,10-12,15H,3,6-9,19H2,1-2H3,(H,20,21,23). The van der Waals surface area contributed by atoms with Gasteiger partial charge < -0.3 is 16.0 Å². The molecule has 1 aromatic heterocycles. The Kier molecular flexibility index (Phi) is 6.74. The highest BCUT2D eigenvalue weighted by molar-refractivity contribution is 9.10. The van der Waals surface area contributed by atoms with E-state index < -0.39 is 6.04 Å². The van der Waals surface area contributed by atoms with E-state index >= 15 is 0 Å². The van der Waals surface area contributed by atoms with Gasteiger partial charge in [0, 0.05) is 29.7 Å². The number of carbonyl (C=O) groups excluding carboxylic acids is 2. The van der Waals surface area contributed by atoms with Crippen LogP contribution in [-0.4, -0.2) is 40.8 Å². The molecule has 2 unspecified atom stereocenters. The van der Waals surface area contributed by atoms with Crippen LogP contribution in [0.3, 0.4) is 0 Å². The number of halogens is 1. The molecule has 1 aliphatic rings. The molecular formula is C17H25BrN4O2. The number of piperidine rings is 1. The molecule has 132 valence electrons. The van der Waals surface area contributed by atoms with Crippen LogP contribution in [-0.2, 0) is 9.59 Å². The van der Waals surface area contributed by atoms with Crippen molar-refractivity contribution in [1.82, 2.24) is 9.88 Å². The molecule has 0 bridgehead atoms. The Morgan fingerprint density at radius 2 is 2.08 bits per heavy atom. The van der Waals surface area contributed by atoms with Crippen molar-refractivity contribution < 1.29 is 9.59 Å². The van der Waals surface area contributed by atoms with Gasteiger partial charge in [-0.25, -0.2) is 4.98 Å². The molecule has 1 aliphatic heterocycles. The summed E-state index contributed by atoms with van der Waals surface area (Å²) in [5.41, 5.74) is 6.03. The van der Waals surface area contributed by atoms with E-state index in [1.54, 1.807) is 17.2 Å². The summed E-state index contributed by atoms with van der Waals surface area (Å²) in [4.78, 5) is 30.6. The highest BCUT2D eigenvalue weighted by Gasteiger charge is 2.31.